The zero-order chi connectivity index (χ0) is 21.8. The molecule has 2 aliphatic rings. The van der Waals surface area contributed by atoms with Crippen LogP contribution < -0.4 is 0 Å². The summed E-state index contributed by atoms with van der Waals surface area (Å²) in [7, 11) is 0. The quantitative estimate of drug-likeness (QED) is 0.483. The Kier molecular flexibility index (Phi) is 4.58. The van der Waals surface area contributed by atoms with Crippen molar-refractivity contribution in [1.82, 2.24) is 0 Å². The molecule has 2 nitrogen and oxygen atoms in total. The molecule has 2 aliphatic carbocycles. The Hall–Kier alpha value is -3.00. The largest absolute Gasteiger partial charge is 0.289 e. The molecule has 0 bridgehead atoms. The first-order valence-corrected chi connectivity index (χ1v) is 10.5. The lowest BCUT2D eigenvalue weighted by Gasteiger charge is -2.31. The molecule has 0 fully saturated rings. The fraction of sp³-hybridized carbons (Fsp3) is 0.286. The highest BCUT2D eigenvalue weighted by molar-refractivity contribution is 6.23. The van der Waals surface area contributed by atoms with Gasteiger partial charge in [0.15, 0.2) is 11.6 Å². The Morgan fingerprint density at radius 2 is 0.800 bits per heavy atom. The van der Waals surface area contributed by atoms with Crippen LogP contribution in [0.4, 0.5) is 0 Å². The maximum absolute atomic E-state index is 13.3. The van der Waals surface area contributed by atoms with Crippen LogP contribution in [0.3, 0.4) is 0 Å². The van der Waals surface area contributed by atoms with Gasteiger partial charge in [0, 0.05) is 22.3 Å². The topological polar surface area (TPSA) is 34.1 Å². The van der Waals surface area contributed by atoms with Gasteiger partial charge < -0.3 is 0 Å². The highest BCUT2D eigenvalue weighted by Crippen LogP contribution is 2.45. The third-order valence-corrected chi connectivity index (χ3v) is 5.90. The van der Waals surface area contributed by atoms with E-state index in [4.69, 9.17) is 0 Å². The highest BCUT2D eigenvalue weighted by Gasteiger charge is 2.35. The second kappa shape index (κ2) is 6.77. The predicted molar refractivity (Wildman–Crippen MR) is 123 cm³/mol. The number of hydrogen-bond acceptors (Lipinski definition) is 2. The summed E-state index contributed by atoms with van der Waals surface area (Å²) in [6, 6.07) is 15.6. The number of allylic oxidation sites excluding steroid dienone is 6. The summed E-state index contributed by atoms with van der Waals surface area (Å²) in [5.74, 6) is 0.172. The first-order valence-electron chi connectivity index (χ1n) is 10.5. The van der Waals surface area contributed by atoms with E-state index in [1.54, 1.807) is 0 Å². The van der Waals surface area contributed by atoms with Gasteiger partial charge in [0.25, 0.3) is 0 Å². The van der Waals surface area contributed by atoms with Crippen LogP contribution in [0.1, 0.15) is 73.4 Å². The number of rotatable bonds is 0. The van der Waals surface area contributed by atoms with E-state index in [0.29, 0.717) is 0 Å². The average molecular weight is 397 g/mol. The van der Waals surface area contributed by atoms with Crippen molar-refractivity contribution < 1.29 is 9.59 Å². The van der Waals surface area contributed by atoms with E-state index < -0.39 is 0 Å². The second-order valence-corrected chi connectivity index (χ2v) is 10.2. The lowest BCUT2D eigenvalue weighted by molar-refractivity contribution is 0.0999. The number of fused-ring (bicyclic) bond motifs is 2. The van der Waals surface area contributed by atoms with E-state index in [0.717, 1.165) is 44.5 Å². The number of ketones is 2. The minimum atomic E-state index is -0.281. The summed E-state index contributed by atoms with van der Waals surface area (Å²) in [6.45, 7) is 12.4. The summed E-state index contributed by atoms with van der Waals surface area (Å²) >= 11 is 0. The lowest BCUT2D eigenvalue weighted by atomic mass is 9.71. The molecule has 0 spiro atoms. The van der Waals surface area contributed by atoms with E-state index >= 15 is 0 Å². The average Bonchev–Trinajstić information content (AvgIpc) is 2.67. The van der Waals surface area contributed by atoms with Crippen molar-refractivity contribution in [2.45, 2.75) is 41.5 Å². The smallest absolute Gasteiger partial charge is 0.190 e. The molecule has 152 valence electrons. The maximum Gasteiger partial charge on any atom is 0.190 e. The Bertz CT molecular complexity index is 1080. The van der Waals surface area contributed by atoms with E-state index in [1.807, 2.05) is 60.7 Å². The molecular weight excluding hydrogens is 368 g/mol. The molecule has 2 aromatic carbocycles. The highest BCUT2D eigenvalue weighted by atomic mass is 16.1. The number of carbonyl (C=O) groups excluding carboxylic acids is 2. The van der Waals surface area contributed by atoms with Gasteiger partial charge in [0.05, 0.1) is 0 Å². The van der Waals surface area contributed by atoms with Gasteiger partial charge in [-0.25, -0.2) is 0 Å². The van der Waals surface area contributed by atoms with E-state index in [-0.39, 0.29) is 22.4 Å². The summed E-state index contributed by atoms with van der Waals surface area (Å²) in [4.78, 5) is 26.5. The first kappa shape index (κ1) is 20.3. The van der Waals surface area contributed by atoms with Crippen LogP contribution in [-0.4, -0.2) is 11.6 Å². The molecule has 0 saturated carbocycles. The molecule has 0 atom stereocenters. The summed E-state index contributed by atoms with van der Waals surface area (Å²) in [5.41, 5.74) is 6.37. The van der Waals surface area contributed by atoms with Crippen molar-refractivity contribution in [1.29, 1.82) is 0 Å². The Morgan fingerprint density at radius 3 is 1.10 bits per heavy atom. The van der Waals surface area contributed by atoms with Crippen LogP contribution in [0.15, 0.2) is 71.8 Å². The molecule has 0 saturated heterocycles. The number of benzene rings is 2. The summed E-state index contributed by atoms with van der Waals surface area (Å²) < 4.78 is 0. The molecule has 0 aromatic heterocycles. The molecule has 0 aliphatic heterocycles. The maximum atomic E-state index is 13.3. The van der Waals surface area contributed by atoms with E-state index in [1.165, 1.54) is 0 Å². The van der Waals surface area contributed by atoms with Gasteiger partial charge in [-0.05, 0) is 45.3 Å². The standard InChI is InChI=1S/C28H28O2/c1-27(2,3)23-15-21(17-11-7-9-13-19(17)25(23)29)22-16-24(28(4,5)6)26(30)20-14-10-8-12-18(20)22/h7-16H,1-6H3/b22-21+. The fourth-order valence-electron chi connectivity index (χ4n) is 4.26. The Balaban J connectivity index is 2.14. The molecular formula is C28H28O2. The number of carbonyl (C=O) groups is 2. The zero-order valence-electron chi connectivity index (χ0n) is 18.6. The monoisotopic (exact) mass is 396 g/mol. The van der Waals surface area contributed by atoms with Crippen LogP contribution >= 0.6 is 0 Å². The molecule has 0 heterocycles. The van der Waals surface area contributed by atoms with E-state index in [9.17, 15) is 9.59 Å². The van der Waals surface area contributed by atoms with Crippen molar-refractivity contribution in [3.8, 4) is 0 Å². The van der Waals surface area contributed by atoms with Gasteiger partial charge in [-0.15, -0.1) is 0 Å². The van der Waals surface area contributed by atoms with Gasteiger partial charge in [-0.3, -0.25) is 9.59 Å². The van der Waals surface area contributed by atoms with Gasteiger partial charge >= 0.3 is 0 Å². The third kappa shape index (κ3) is 3.21. The molecule has 0 radical (unpaired) electrons. The molecule has 2 aromatic rings. The number of hydrogen-bond donors (Lipinski definition) is 0. The van der Waals surface area contributed by atoms with Crippen LogP contribution in [0.25, 0.3) is 11.1 Å². The van der Waals surface area contributed by atoms with Crippen LogP contribution in [-0.2, 0) is 0 Å². The van der Waals surface area contributed by atoms with Crippen molar-refractivity contribution in [2.24, 2.45) is 10.8 Å². The minimum absolute atomic E-state index is 0.0858. The van der Waals surface area contributed by atoms with Gasteiger partial charge in [-0.1, -0.05) is 90.1 Å². The van der Waals surface area contributed by atoms with Crippen molar-refractivity contribution in [3.63, 3.8) is 0 Å². The van der Waals surface area contributed by atoms with E-state index in [2.05, 4.69) is 41.5 Å². The summed E-state index contributed by atoms with van der Waals surface area (Å²) in [5, 5.41) is 0. The van der Waals surface area contributed by atoms with Crippen molar-refractivity contribution in [2.75, 3.05) is 0 Å². The Labute approximate surface area is 179 Å². The summed E-state index contributed by atoms with van der Waals surface area (Å²) in [6.07, 6.45) is 4.09. The molecule has 0 amide bonds. The van der Waals surface area contributed by atoms with Gasteiger partial charge in [-0.2, -0.15) is 0 Å². The molecule has 0 N–H and O–H groups in total. The molecule has 2 heteroatoms. The second-order valence-electron chi connectivity index (χ2n) is 10.2. The Morgan fingerprint density at radius 1 is 0.500 bits per heavy atom. The van der Waals surface area contributed by atoms with Crippen LogP contribution in [0, 0.1) is 10.8 Å². The molecule has 4 rings (SSSR count). The SMILES string of the molecule is CC(C)(C)C1=C/C(=C2/C=C(C(C)(C)C)C(=O)c3ccccc32)c2ccccc2C1=O. The van der Waals surface area contributed by atoms with Crippen LogP contribution in [0.5, 0.6) is 0 Å². The van der Waals surface area contributed by atoms with Crippen molar-refractivity contribution in [3.05, 3.63) is 94.1 Å². The van der Waals surface area contributed by atoms with Crippen LogP contribution in [0.2, 0.25) is 0 Å². The molecule has 0 unspecified atom stereocenters. The predicted octanol–water partition coefficient (Wildman–Crippen LogP) is 6.94. The zero-order valence-corrected chi connectivity index (χ0v) is 18.6. The third-order valence-electron chi connectivity index (χ3n) is 5.90. The van der Waals surface area contributed by atoms with Crippen molar-refractivity contribution >= 4 is 22.7 Å². The normalized spacial score (nSPS) is 19.1. The minimum Gasteiger partial charge on any atom is -0.289 e. The fourth-order valence-corrected chi connectivity index (χ4v) is 4.26. The first-order chi connectivity index (χ1) is 14.0. The number of Topliss-reactive ketones (excluding diaryl/α,β-unsaturated/α-hetero) is 2. The lowest BCUT2D eigenvalue weighted by Crippen LogP contribution is -2.24. The van der Waals surface area contributed by atoms with Gasteiger partial charge in [0.1, 0.15) is 0 Å². The molecule has 30 heavy (non-hydrogen) atoms. The van der Waals surface area contributed by atoms with Gasteiger partial charge in [0.2, 0.25) is 0 Å².